The van der Waals surface area contributed by atoms with Gasteiger partial charge in [-0.1, -0.05) is 43.5 Å². The van der Waals surface area contributed by atoms with Crippen molar-refractivity contribution in [3.8, 4) is 0 Å². The lowest BCUT2D eigenvalue weighted by Gasteiger charge is -2.20. The first kappa shape index (κ1) is 15.7. The van der Waals surface area contributed by atoms with Crippen molar-refractivity contribution >= 4 is 11.1 Å². The van der Waals surface area contributed by atoms with Crippen LogP contribution in [0.5, 0.6) is 0 Å². The molecule has 1 heteroatoms. The highest BCUT2D eigenvalue weighted by Gasteiger charge is 2.14. The summed E-state index contributed by atoms with van der Waals surface area (Å²) in [4.78, 5) is 0. The van der Waals surface area contributed by atoms with E-state index in [1.54, 1.807) is 12.1 Å². The van der Waals surface area contributed by atoms with E-state index in [1.807, 2.05) is 6.07 Å². The first-order valence-electron chi connectivity index (χ1n) is 8.38. The van der Waals surface area contributed by atoms with Crippen molar-refractivity contribution in [2.75, 3.05) is 0 Å². The number of fused-ring (bicyclic) bond motifs is 1. The molecule has 118 valence electrons. The summed E-state index contributed by atoms with van der Waals surface area (Å²) in [6, 6.07) is 13.2. The molecule has 0 unspecified atom stereocenters. The zero-order valence-corrected chi connectivity index (χ0v) is 13.6. The lowest BCUT2D eigenvalue weighted by molar-refractivity contribution is 0.627. The second-order valence-corrected chi connectivity index (χ2v) is 6.37. The number of aryl methyl sites for hydroxylation is 1. The second-order valence-electron chi connectivity index (χ2n) is 6.37. The lowest BCUT2D eigenvalue weighted by Crippen LogP contribution is -2.05. The van der Waals surface area contributed by atoms with Gasteiger partial charge in [0.25, 0.3) is 0 Å². The Kier molecular flexibility index (Phi) is 4.76. The third-order valence-corrected chi connectivity index (χ3v) is 4.74. The van der Waals surface area contributed by atoms with Gasteiger partial charge in [-0.2, -0.15) is 0 Å². The Labute approximate surface area is 138 Å². The first-order valence-corrected chi connectivity index (χ1v) is 8.38. The summed E-state index contributed by atoms with van der Waals surface area (Å²) in [6.45, 7) is 8.41. The molecule has 2 aromatic rings. The zero-order valence-electron chi connectivity index (χ0n) is 13.6. The summed E-state index contributed by atoms with van der Waals surface area (Å²) in [7, 11) is 0. The monoisotopic (exact) mass is 306 g/mol. The minimum atomic E-state index is -0.209. The number of allylic oxidation sites excluding steroid dienone is 2. The van der Waals surface area contributed by atoms with Crippen LogP contribution in [-0.2, 0) is 12.8 Å². The van der Waals surface area contributed by atoms with Crippen LogP contribution in [0.4, 0.5) is 4.39 Å². The normalized spacial score (nSPS) is 13.4. The highest BCUT2D eigenvalue weighted by Crippen LogP contribution is 2.31. The number of benzene rings is 2. The third-order valence-electron chi connectivity index (χ3n) is 4.74. The molecule has 1 aliphatic rings. The van der Waals surface area contributed by atoms with Crippen LogP contribution in [0.15, 0.2) is 55.6 Å². The van der Waals surface area contributed by atoms with Crippen molar-refractivity contribution in [1.82, 2.24) is 0 Å². The quantitative estimate of drug-likeness (QED) is 0.616. The minimum Gasteiger partial charge on any atom is -0.207 e. The van der Waals surface area contributed by atoms with Gasteiger partial charge >= 0.3 is 0 Å². The predicted octanol–water partition coefficient (Wildman–Crippen LogP) is 6.21. The van der Waals surface area contributed by atoms with Gasteiger partial charge in [-0.05, 0) is 84.1 Å². The summed E-state index contributed by atoms with van der Waals surface area (Å²) in [5.74, 6) is -0.209. The third kappa shape index (κ3) is 3.61. The standard InChI is InChI=1S/C22H23F/c1-16(19-9-5-10-20(23)15-19)13-14-17(2)21-12-6-8-18-7-3-4-11-22(18)21/h5-6,8-10,12,15H,1-4,7,11,13-14H2. The van der Waals surface area contributed by atoms with E-state index in [0.29, 0.717) is 0 Å². The Bertz CT molecular complexity index is 739. The van der Waals surface area contributed by atoms with Crippen molar-refractivity contribution < 1.29 is 4.39 Å². The summed E-state index contributed by atoms with van der Waals surface area (Å²) in [6.07, 6.45) is 6.59. The molecule has 0 N–H and O–H groups in total. The minimum absolute atomic E-state index is 0.209. The Hall–Kier alpha value is -2.15. The number of halogens is 1. The molecule has 0 bridgehead atoms. The molecule has 0 spiro atoms. The van der Waals surface area contributed by atoms with E-state index in [1.165, 1.54) is 47.6 Å². The van der Waals surface area contributed by atoms with Crippen molar-refractivity contribution in [3.63, 3.8) is 0 Å². The molecular weight excluding hydrogens is 283 g/mol. The predicted molar refractivity (Wildman–Crippen MR) is 96.8 cm³/mol. The van der Waals surface area contributed by atoms with Gasteiger partial charge in [-0.3, -0.25) is 0 Å². The van der Waals surface area contributed by atoms with Crippen LogP contribution in [-0.4, -0.2) is 0 Å². The van der Waals surface area contributed by atoms with Gasteiger partial charge in [0.05, 0.1) is 0 Å². The van der Waals surface area contributed by atoms with Gasteiger partial charge in [0.15, 0.2) is 0 Å². The van der Waals surface area contributed by atoms with Crippen LogP contribution in [0.25, 0.3) is 11.1 Å². The molecule has 0 saturated carbocycles. The average molecular weight is 306 g/mol. The summed E-state index contributed by atoms with van der Waals surface area (Å²) in [5, 5.41) is 0. The topological polar surface area (TPSA) is 0 Å². The molecular formula is C22H23F. The molecule has 0 saturated heterocycles. The molecule has 1 aliphatic carbocycles. The maximum Gasteiger partial charge on any atom is 0.123 e. The molecule has 2 aromatic carbocycles. The summed E-state index contributed by atoms with van der Waals surface area (Å²) < 4.78 is 13.3. The van der Waals surface area contributed by atoms with Crippen molar-refractivity contribution in [1.29, 1.82) is 0 Å². The molecule has 0 fully saturated rings. The van der Waals surface area contributed by atoms with Gasteiger partial charge in [-0.15, -0.1) is 0 Å². The Morgan fingerprint density at radius 1 is 0.913 bits per heavy atom. The highest BCUT2D eigenvalue weighted by atomic mass is 19.1. The van der Waals surface area contributed by atoms with Crippen molar-refractivity contribution in [2.24, 2.45) is 0 Å². The molecule has 0 aromatic heterocycles. The fourth-order valence-corrected chi connectivity index (χ4v) is 3.40. The van der Waals surface area contributed by atoms with Crippen LogP contribution < -0.4 is 0 Å². The summed E-state index contributed by atoms with van der Waals surface area (Å²) in [5.41, 5.74) is 7.30. The van der Waals surface area contributed by atoms with Crippen molar-refractivity contribution in [3.05, 3.63) is 83.7 Å². The summed E-state index contributed by atoms with van der Waals surface area (Å²) >= 11 is 0. The molecule has 0 aliphatic heterocycles. The van der Waals surface area contributed by atoms with E-state index in [-0.39, 0.29) is 5.82 Å². The molecule has 0 nitrogen and oxygen atoms in total. The number of hydrogen-bond acceptors (Lipinski definition) is 0. The molecule has 3 rings (SSSR count). The van der Waals surface area contributed by atoms with Gasteiger partial charge in [0.2, 0.25) is 0 Å². The van der Waals surface area contributed by atoms with Crippen LogP contribution in [0.2, 0.25) is 0 Å². The van der Waals surface area contributed by atoms with Crippen LogP contribution in [0.3, 0.4) is 0 Å². The van der Waals surface area contributed by atoms with E-state index < -0.39 is 0 Å². The van der Waals surface area contributed by atoms with E-state index >= 15 is 0 Å². The van der Waals surface area contributed by atoms with Gasteiger partial charge in [-0.25, -0.2) is 4.39 Å². The average Bonchev–Trinajstić information content (AvgIpc) is 2.59. The fraction of sp³-hybridized carbons (Fsp3) is 0.273. The maximum atomic E-state index is 13.3. The van der Waals surface area contributed by atoms with Crippen LogP contribution in [0.1, 0.15) is 47.9 Å². The largest absolute Gasteiger partial charge is 0.207 e. The smallest absolute Gasteiger partial charge is 0.123 e. The van der Waals surface area contributed by atoms with Gasteiger partial charge < -0.3 is 0 Å². The number of hydrogen-bond donors (Lipinski definition) is 0. The van der Waals surface area contributed by atoms with E-state index in [0.717, 1.165) is 30.4 Å². The Morgan fingerprint density at radius 3 is 2.48 bits per heavy atom. The van der Waals surface area contributed by atoms with Gasteiger partial charge in [0.1, 0.15) is 5.82 Å². The van der Waals surface area contributed by atoms with E-state index in [4.69, 9.17) is 0 Å². The SMILES string of the molecule is C=C(CCC(=C)c1cccc2c1CCCC2)c1cccc(F)c1. The first-order chi connectivity index (χ1) is 11.1. The molecule has 0 atom stereocenters. The fourth-order valence-electron chi connectivity index (χ4n) is 3.40. The maximum absolute atomic E-state index is 13.3. The number of rotatable bonds is 5. The van der Waals surface area contributed by atoms with Crippen LogP contribution >= 0.6 is 0 Å². The van der Waals surface area contributed by atoms with Gasteiger partial charge in [0, 0.05) is 0 Å². The highest BCUT2D eigenvalue weighted by molar-refractivity contribution is 5.71. The van der Waals surface area contributed by atoms with Crippen molar-refractivity contribution in [2.45, 2.75) is 38.5 Å². The molecule has 0 amide bonds. The van der Waals surface area contributed by atoms with E-state index in [9.17, 15) is 4.39 Å². The zero-order chi connectivity index (χ0) is 16.2. The molecule has 0 heterocycles. The Balaban J connectivity index is 1.69. The van der Waals surface area contributed by atoms with Crippen LogP contribution in [0, 0.1) is 5.82 Å². The lowest BCUT2D eigenvalue weighted by atomic mass is 9.85. The second kappa shape index (κ2) is 6.95. The Morgan fingerprint density at radius 2 is 1.65 bits per heavy atom. The van der Waals surface area contributed by atoms with E-state index in [2.05, 4.69) is 31.4 Å². The molecule has 0 radical (unpaired) electrons. The molecule has 23 heavy (non-hydrogen) atoms.